The molecule has 1 fully saturated rings. The number of nitrogens with zero attached hydrogens (tertiary/aromatic N) is 1. The minimum absolute atomic E-state index is 0.0125. The lowest BCUT2D eigenvalue weighted by atomic mass is 10.1. The molecule has 19 heavy (non-hydrogen) atoms. The van der Waals surface area contributed by atoms with Crippen molar-refractivity contribution in [3.05, 3.63) is 28.8 Å². The van der Waals surface area contributed by atoms with Gasteiger partial charge in [-0.2, -0.15) is 0 Å². The average Bonchev–Trinajstić information content (AvgIpc) is 2.92. The molecular weight excluding hydrogens is 264 g/mol. The standard InChI is InChI=1S/C14H19ClN2O2/c1-2-7-17(11-5-6-16-9-11)14(19)12-8-10(15)3-4-13(12)18/h3-4,8,11,16,18H,2,5-7,9H2,1H3. The van der Waals surface area contributed by atoms with Gasteiger partial charge in [-0.05, 0) is 37.6 Å². The monoisotopic (exact) mass is 282 g/mol. The Morgan fingerprint density at radius 1 is 1.58 bits per heavy atom. The summed E-state index contributed by atoms with van der Waals surface area (Å²) >= 11 is 5.91. The van der Waals surface area contributed by atoms with Crippen LogP contribution >= 0.6 is 11.6 Å². The van der Waals surface area contributed by atoms with Gasteiger partial charge in [-0.3, -0.25) is 4.79 Å². The molecule has 0 spiro atoms. The highest BCUT2D eigenvalue weighted by molar-refractivity contribution is 6.31. The van der Waals surface area contributed by atoms with Gasteiger partial charge in [-0.15, -0.1) is 0 Å². The summed E-state index contributed by atoms with van der Waals surface area (Å²) in [5, 5.41) is 13.6. The second-order valence-electron chi connectivity index (χ2n) is 4.81. The van der Waals surface area contributed by atoms with E-state index in [1.54, 1.807) is 6.07 Å². The largest absolute Gasteiger partial charge is 0.507 e. The molecular formula is C14H19ClN2O2. The lowest BCUT2D eigenvalue weighted by Gasteiger charge is -2.28. The zero-order valence-electron chi connectivity index (χ0n) is 11.0. The first-order valence-corrected chi connectivity index (χ1v) is 7.01. The fourth-order valence-electron chi connectivity index (χ4n) is 2.43. The van der Waals surface area contributed by atoms with Crippen molar-refractivity contribution in [2.45, 2.75) is 25.8 Å². The van der Waals surface area contributed by atoms with Crippen LogP contribution in [0.3, 0.4) is 0 Å². The van der Waals surface area contributed by atoms with Gasteiger partial charge in [0.15, 0.2) is 0 Å². The first kappa shape index (κ1) is 14.2. The molecule has 1 unspecified atom stereocenters. The minimum Gasteiger partial charge on any atom is -0.507 e. The van der Waals surface area contributed by atoms with Crippen molar-refractivity contribution in [3.63, 3.8) is 0 Å². The molecule has 1 aliphatic rings. The third-order valence-corrected chi connectivity index (χ3v) is 3.62. The maximum atomic E-state index is 12.6. The molecule has 1 aromatic carbocycles. The van der Waals surface area contributed by atoms with E-state index in [1.807, 2.05) is 11.8 Å². The van der Waals surface area contributed by atoms with E-state index in [9.17, 15) is 9.90 Å². The van der Waals surface area contributed by atoms with E-state index in [0.717, 1.165) is 25.9 Å². The van der Waals surface area contributed by atoms with E-state index in [-0.39, 0.29) is 23.3 Å². The van der Waals surface area contributed by atoms with Crippen molar-refractivity contribution in [1.82, 2.24) is 10.2 Å². The SMILES string of the molecule is CCCN(C(=O)c1cc(Cl)ccc1O)C1CCNC1. The molecule has 0 aromatic heterocycles. The Morgan fingerprint density at radius 3 is 3.00 bits per heavy atom. The van der Waals surface area contributed by atoms with Gasteiger partial charge < -0.3 is 15.3 Å². The van der Waals surface area contributed by atoms with Crippen molar-refractivity contribution >= 4 is 17.5 Å². The zero-order chi connectivity index (χ0) is 13.8. The highest BCUT2D eigenvalue weighted by Gasteiger charge is 2.28. The Labute approximate surface area is 118 Å². The Hall–Kier alpha value is -1.26. The van der Waals surface area contributed by atoms with Crippen LogP contribution in [-0.2, 0) is 0 Å². The highest BCUT2D eigenvalue weighted by atomic mass is 35.5. The van der Waals surface area contributed by atoms with Gasteiger partial charge >= 0.3 is 0 Å². The van der Waals surface area contributed by atoms with Gasteiger partial charge in [0.05, 0.1) is 5.56 Å². The Morgan fingerprint density at radius 2 is 2.37 bits per heavy atom. The summed E-state index contributed by atoms with van der Waals surface area (Å²) in [5.41, 5.74) is 0.285. The van der Waals surface area contributed by atoms with Gasteiger partial charge in [0, 0.05) is 24.2 Å². The van der Waals surface area contributed by atoms with E-state index in [0.29, 0.717) is 11.6 Å². The summed E-state index contributed by atoms with van der Waals surface area (Å²) in [6.45, 7) is 4.48. The van der Waals surface area contributed by atoms with Crippen molar-refractivity contribution in [2.75, 3.05) is 19.6 Å². The second-order valence-corrected chi connectivity index (χ2v) is 5.24. The van der Waals surface area contributed by atoms with Crippen LogP contribution < -0.4 is 5.32 Å². The average molecular weight is 283 g/mol. The van der Waals surface area contributed by atoms with Crippen LogP contribution in [0.4, 0.5) is 0 Å². The second kappa shape index (κ2) is 6.26. The molecule has 1 aliphatic heterocycles. The third kappa shape index (κ3) is 3.19. The summed E-state index contributed by atoms with van der Waals surface area (Å²) in [6, 6.07) is 4.78. The molecule has 0 saturated carbocycles. The van der Waals surface area contributed by atoms with E-state index in [4.69, 9.17) is 11.6 Å². The molecule has 1 heterocycles. The van der Waals surface area contributed by atoms with Crippen molar-refractivity contribution < 1.29 is 9.90 Å². The lowest BCUT2D eigenvalue weighted by Crippen LogP contribution is -2.42. The highest BCUT2D eigenvalue weighted by Crippen LogP contribution is 2.24. The Bertz CT molecular complexity index is 459. The third-order valence-electron chi connectivity index (χ3n) is 3.39. The van der Waals surface area contributed by atoms with Crippen molar-refractivity contribution in [1.29, 1.82) is 0 Å². The summed E-state index contributed by atoms with van der Waals surface area (Å²) in [5.74, 6) is -0.156. The number of phenolic OH excluding ortho intramolecular Hbond substituents is 1. The van der Waals surface area contributed by atoms with Crippen LogP contribution in [-0.4, -0.2) is 41.6 Å². The van der Waals surface area contributed by atoms with Crippen molar-refractivity contribution in [3.8, 4) is 5.75 Å². The molecule has 1 saturated heterocycles. The maximum absolute atomic E-state index is 12.6. The molecule has 1 amide bonds. The summed E-state index contributed by atoms with van der Waals surface area (Å²) in [6.07, 6.45) is 1.84. The topological polar surface area (TPSA) is 52.6 Å². The molecule has 0 aliphatic carbocycles. The Kier molecular flexibility index (Phi) is 4.66. The normalized spacial score (nSPS) is 18.5. The lowest BCUT2D eigenvalue weighted by molar-refractivity contribution is 0.0689. The smallest absolute Gasteiger partial charge is 0.257 e. The summed E-state index contributed by atoms with van der Waals surface area (Å²) in [7, 11) is 0. The summed E-state index contributed by atoms with van der Waals surface area (Å²) < 4.78 is 0. The van der Waals surface area contributed by atoms with E-state index in [2.05, 4.69) is 5.32 Å². The van der Waals surface area contributed by atoms with Crippen LogP contribution in [0.25, 0.3) is 0 Å². The van der Waals surface area contributed by atoms with Gasteiger partial charge in [0.2, 0.25) is 0 Å². The molecule has 1 atom stereocenters. The number of benzene rings is 1. The van der Waals surface area contributed by atoms with E-state index >= 15 is 0 Å². The molecule has 2 rings (SSSR count). The summed E-state index contributed by atoms with van der Waals surface area (Å²) in [4.78, 5) is 14.4. The van der Waals surface area contributed by atoms with Crippen molar-refractivity contribution in [2.24, 2.45) is 0 Å². The van der Waals surface area contributed by atoms with E-state index < -0.39 is 0 Å². The van der Waals surface area contributed by atoms with E-state index in [1.165, 1.54) is 12.1 Å². The molecule has 0 bridgehead atoms. The van der Waals surface area contributed by atoms with Gasteiger partial charge in [-0.25, -0.2) is 0 Å². The van der Waals surface area contributed by atoms with Crippen LogP contribution in [0, 0.1) is 0 Å². The van der Waals surface area contributed by atoms with Gasteiger partial charge in [0.1, 0.15) is 5.75 Å². The molecule has 4 nitrogen and oxygen atoms in total. The number of carbonyl (C=O) groups is 1. The Balaban J connectivity index is 2.25. The quantitative estimate of drug-likeness (QED) is 0.891. The van der Waals surface area contributed by atoms with Gasteiger partial charge in [-0.1, -0.05) is 18.5 Å². The molecule has 1 aromatic rings. The first-order chi connectivity index (χ1) is 9.13. The number of amides is 1. The fourth-order valence-corrected chi connectivity index (χ4v) is 2.60. The minimum atomic E-state index is -0.143. The maximum Gasteiger partial charge on any atom is 0.257 e. The fraction of sp³-hybridized carbons (Fsp3) is 0.500. The number of hydrogen-bond acceptors (Lipinski definition) is 3. The number of aromatic hydroxyl groups is 1. The van der Waals surface area contributed by atoms with Crippen LogP contribution in [0.15, 0.2) is 18.2 Å². The first-order valence-electron chi connectivity index (χ1n) is 6.63. The number of phenols is 1. The van der Waals surface area contributed by atoms with Crippen LogP contribution in [0.1, 0.15) is 30.1 Å². The number of carbonyl (C=O) groups excluding carboxylic acids is 1. The number of hydrogen-bond donors (Lipinski definition) is 2. The zero-order valence-corrected chi connectivity index (χ0v) is 11.8. The number of nitrogens with one attached hydrogen (secondary N) is 1. The molecule has 5 heteroatoms. The number of rotatable bonds is 4. The van der Waals surface area contributed by atoms with Crippen LogP contribution in [0.5, 0.6) is 5.75 Å². The van der Waals surface area contributed by atoms with Gasteiger partial charge in [0.25, 0.3) is 5.91 Å². The predicted octanol–water partition coefficient (Wildman–Crippen LogP) is 2.26. The molecule has 0 radical (unpaired) electrons. The molecule has 104 valence electrons. The number of halogens is 1. The van der Waals surface area contributed by atoms with Crippen LogP contribution in [0.2, 0.25) is 5.02 Å². The molecule has 2 N–H and O–H groups in total. The predicted molar refractivity (Wildman–Crippen MR) is 75.7 cm³/mol.